The molecule has 0 aromatic carbocycles. The fourth-order valence-electron chi connectivity index (χ4n) is 2.37. The molecule has 0 saturated carbocycles. The minimum Gasteiger partial charge on any atom is -0.289 e. The highest BCUT2D eigenvalue weighted by molar-refractivity contribution is 6.04. The highest BCUT2D eigenvalue weighted by atomic mass is 14.8. The number of aryl methyl sites for hydroxylation is 1. The van der Waals surface area contributed by atoms with Crippen molar-refractivity contribution in [2.24, 2.45) is 10.9 Å². The molecule has 66 valence electrons. The molecule has 2 aliphatic rings. The summed E-state index contributed by atoms with van der Waals surface area (Å²) in [7, 11) is 0. The van der Waals surface area contributed by atoms with Crippen molar-refractivity contribution >= 4 is 5.71 Å². The number of aromatic nitrogens is 1. The van der Waals surface area contributed by atoms with Crippen LogP contribution in [0.4, 0.5) is 0 Å². The summed E-state index contributed by atoms with van der Waals surface area (Å²) in [6, 6.07) is 4.18. The molecule has 0 fully saturated rings. The Morgan fingerprint density at radius 3 is 3.31 bits per heavy atom. The molecule has 13 heavy (non-hydrogen) atoms. The summed E-state index contributed by atoms with van der Waals surface area (Å²) in [6.45, 7) is 1.02. The Balaban J connectivity index is 2.15. The third kappa shape index (κ3) is 1.01. The van der Waals surface area contributed by atoms with Gasteiger partial charge in [-0.05, 0) is 31.4 Å². The quantitative estimate of drug-likeness (QED) is 0.586. The summed E-state index contributed by atoms with van der Waals surface area (Å²) in [5.41, 5.74) is 3.89. The average Bonchev–Trinajstić information content (AvgIpc) is 2.65. The normalized spacial score (nSPS) is 24.9. The van der Waals surface area contributed by atoms with Gasteiger partial charge in [-0.1, -0.05) is 0 Å². The maximum atomic E-state index is 4.58. The van der Waals surface area contributed by atoms with Crippen LogP contribution in [-0.2, 0) is 6.42 Å². The van der Waals surface area contributed by atoms with Crippen molar-refractivity contribution in [3.05, 3.63) is 29.6 Å². The van der Waals surface area contributed by atoms with Gasteiger partial charge in [-0.15, -0.1) is 0 Å². The first-order valence-corrected chi connectivity index (χ1v) is 4.94. The molecule has 1 aliphatic carbocycles. The Morgan fingerprint density at radius 1 is 1.31 bits per heavy atom. The van der Waals surface area contributed by atoms with E-state index in [4.69, 9.17) is 0 Å². The van der Waals surface area contributed by atoms with Crippen molar-refractivity contribution in [1.29, 1.82) is 0 Å². The standard InChI is InChI=1S/C11H12N2/c1-2-9-10(12-6-1)4-3-8-5-7-13-11(8)9/h1-2,6,8H,3-5,7H2. The second kappa shape index (κ2) is 2.66. The van der Waals surface area contributed by atoms with E-state index in [-0.39, 0.29) is 0 Å². The lowest BCUT2D eigenvalue weighted by molar-refractivity contribution is 0.598. The lowest BCUT2D eigenvalue weighted by Crippen LogP contribution is -2.20. The minimum absolute atomic E-state index is 0.733. The third-order valence-electron chi connectivity index (χ3n) is 3.04. The fourth-order valence-corrected chi connectivity index (χ4v) is 2.37. The van der Waals surface area contributed by atoms with Crippen LogP contribution in [0.2, 0.25) is 0 Å². The summed E-state index contributed by atoms with van der Waals surface area (Å²) >= 11 is 0. The monoisotopic (exact) mass is 172 g/mol. The number of nitrogens with zero attached hydrogens (tertiary/aromatic N) is 2. The van der Waals surface area contributed by atoms with Gasteiger partial charge in [-0.25, -0.2) is 0 Å². The van der Waals surface area contributed by atoms with Crippen molar-refractivity contribution in [3.63, 3.8) is 0 Å². The molecule has 2 heteroatoms. The van der Waals surface area contributed by atoms with Gasteiger partial charge in [0, 0.05) is 35.6 Å². The molecule has 0 spiro atoms. The molecular weight excluding hydrogens is 160 g/mol. The Morgan fingerprint density at radius 2 is 2.31 bits per heavy atom. The minimum atomic E-state index is 0.733. The van der Waals surface area contributed by atoms with Crippen LogP contribution in [0.3, 0.4) is 0 Å². The van der Waals surface area contributed by atoms with E-state index in [0.717, 1.165) is 18.9 Å². The molecule has 0 saturated heterocycles. The molecule has 2 heterocycles. The summed E-state index contributed by atoms with van der Waals surface area (Å²) in [6.07, 6.45) is 5.53. The van der Waals surface area contributed by atoms with Crippen molar-refractivity contribution in [1.82, 2.24) is 4.98 Å². The van der Waals surface area contributed by atoms with Gasteiger partial charge in [0.05, 0.1) is 0 Å². The zero-order valence-electron chi connectivity index (χ0n) is 7.53. The van der Waals surface area contributed by atoms with Gasteiger partial charge in [0.2, 0.25) is 0 Å². The van der Waals surface area contributed by atoms with Gasteiger partial charge in [0.15, 0.2) is 0 Å². The molecule has 0 bridgehead atoms. The van der Waals surface area contributed by atoms with Gasteiger partial charge in [0.1, 0.15) is 0 Å². The van der Waals surface area contributed by atoms with Gasteiger partial charge < -0.3 is 0 Å². The van der Waals surface area contributed by atoms with Crippen molar-refractivity contribution in [2.75, 3.05) is 6.54 Å². The molecule has 0 N–H and O–H groups in total. The number of aliphatic imine (C=N–C) groups is 1. The summed E-state index contributed by atoms with van der Waals surface area (Å²) in [5, 5.41) is 0. The van der Waals surface area contributed by atoms with Gasteiger partial charge in [-0.3, -0.25) is 9.98 Å². The zero-order valence-corrected chi connectivity index (χ0v) is 7.53. The Labute approximate surface area is 77.7 Å². The molecule has 1 atom stereocenters. The number of hydrogen-bond acceptors (Lipinski definition) is 2. The smallest absolute Gasteiger partial charge is 0.0494 e. The summed E-state index contributed by atoms with van der Waals surface area (Å²) in [4.78, 5) is 8.97. The number of rotatable bonds is 0. The lowest BCUT2D eigenvalue weighted by atomic mass is 9.84. The van der Waals surface area contributed by atoms with Crippen LogP contribution in [0.1, 0.15) is 24.1 Å². The highest BCUT2D eigenvalue weighted by Gasteiger charge is 2.28. The third-order valence-corrected chi connectivity index (χ3v) is 3.04. The second-order valence-corrected chi connectivity index (χ2v) is 3.79. The summed E-state index contributed by atoms with van der Waals surface area (Å²) in [5.74, 6) is 0.733. The van der Waals surface area contributed by atoms with Crippen molar-refractivity contribution < 1.29 is 0 Å². The van der Waals surface area contributed by atoms with Crippen LogP contribution in [0.25, 0.3) is 0 Å². The molecule has 1 aromatic heterocycles. The number of hydrogen-bond donors (Lipinski definition) is 0. The highest BCUT2D eigenvalue weighted by Crippen LogP contribution is 2.30. The molecular formula is C11H12N2. The van der Waals surface area contributed by atoms with E-state index in [2.05, 4.69) is 16.0 Å². The van der Waals surface area contributed by atoms with Gasteiger partial charge in [-0.2, -0.15) is 0 Å². The molecule has 1 unspecified atom stereocenters. The maximum absolute atomic E-state index is 4.58. The Bertz CT molecular complexity index is 368. The lowest BCUT2D eigenvalue weighted by Gasteiger charge is -2.20. The maximum Gasteiger partial charge on any atom is 0.0494 e. The fraction of sp³-hybridized carbons (Fsp3) is 0.455. The van der Waals surface area contributed by atoms with Crippen molar-refractivity contribution in [3.8, 4) is 0 Å². The van der Waals surface area contributed by atoms with Crippen LogP contribution in [0.5, 0.6) is 0 Å². The Hall–Kier alpha value is -1.18. The largest absolute Gasteiger partial charge is 0.289 e. The van der Waals surface area contributed by atoms with E-state index in [1.54, 1.807) is 0 Å². The first kappa shape index (κ1) is 7.25. The van der Waals surface area contributed by atoms with Crippen LogP contribution in [0.15, 0.2) is 23.3 Å². The topological polar surface area (TPSA) is 25.2 Å². The molecule has 3 rings (SSSR count). The number of fused-ring (bicyclic) bond motifs is 3. The predicted octanol–water partition coefficient (Wildman–Crippen LogP) is 1.84. The van der Waals surface area contributed by atoms with Gasteiger partial charge >= 0.3 is 0 Å². The number of pyridine rings is 1. The van der Waals surface area contributed by atoms with E-state index < -0.39 is 0 Å². The van der Waals surface area contributed by atoms with E-state index in [0.29, 0.717) is 0 Å². The summed E-state index contributed by atoms with van der Waals surface area (Å²) < 4.78 is 0. The second-order valence-electron chi connectivity index (χ2n) is 3.79. The van der Waals surface area contributed by atoms with Gasteiger partial charge in [0.25, 0.3) is 0 Å². The SMILES string of the molecule is c1cnc2c(c1)C1=NCCC1CC2. The van der Waals surface area contributed by atoms with Crippen LogP contribution < -0.4 is 0 Å². The zero-order chi connectivity index (χ0) is 8.67. The van der Waals surface area contributed by atoms with Crippen LogP contribution in [0, 0.1) is 5.92 Å². The molecule has 1 aromatic rings. The predicted molar refractivity (Wildman–Crippen MR) is 52.1 cm³/mol. The van der Waals surface area contributed by atoms with E-state index in [1.807, 2.05) is 12.3 Å². The van der Waals surface area contributed by atoms with E-state index >= 15 is 0 Å². The molecule has 0 amide bonds. The average molecular weight is 172 g/mol. The first-order chi connectivity index (χ1) is 6.45. The molecule has 2 nitrogen and oxygen atoms in total. The van der Waals surface area contributed by atoms with Crippen LogP contribution >= 0.6 is 0 Å². The van der Waals surface area contributed by atoms with E-state index in [1.165, 1.54) is 29.8 Å². The molecule has 1 aliphatic heterocycles. The molecule has 0 radical (unpaired) electrons. The van der Waals surface area contributed by atoms with Crippen LogP contribution in [-0.4, -0.2) is 17.2 Å². The van der Waals surface area contributed by atoms with Crippen molar-refractivity contribution in [2.45, 2.75) is 19.3 Å². The Kier molecular flexibility index (Phi) is 1.48. The van der Waals surface area contributed by atoms with E-state index in [9.17, 15) is 0 Å². The first-order valence-electron chi connectivity index (χ1n) is 4.94.